The van der Waals surface area contributed by atoms with Crippen LogP contribution in [0.25, 0.3) is 0 Å². The summed E-state index contributed by atoms with van der Waals surface area (Å²) in [6.45, 7) is 8.95. The molecule has 1 aromatic carbocycles. The second kappa shape index (κ2) is 7.36. The fourth-order valence-corrected chi connectivity index (χ4v) is 2.69. The van der Waals surface area contributed by atoms with E-state index in [4.69, 9.17) is 0 Å². The number of hydrogen-bond donors (Lipinski definition) is 1. The van der Waals surface area contributed by atoms with Crippen LogP contribution in [0.2, 0.25) is 0 Å². The molecule has 0 spiro atoms. The van der Waals surface area contributed by atoms with Crippen LogP contribution in [-0.4, -0.2) is 11.8 Å². The largest absolute Gasteiger partial charge is 0.416 e. The Bertz CT molecular complexity index is 428. The lowest BCUT2D eigenvalue weighted by molar-refractivity contribution is -0.138. The van der Waals surface area contributed by atoms with Crippen molar-refractivity contribution in [3.8, 4) is 0 Å². The zero-order valence-corrected chi connectivity index (χ0v) is 13.2. The Morgan fingerprint density at radius 1 is 1.15 bits per heavy atom. The van der Waals surface area contributed by atoms with Crippen molar-refractivity contribution in [1.29, 1.82) is 0 Å². The van der Waals surface area contributed by atoms with Crippen LogP contribution < -0.4 is 5.32 Å². The first-order valence-corrected chi connectivity index (χ1v) is 7.65. The number of nitrogens with one attached hydrogen (secondary N) is 1. The maximum Gasteiger partial charge on any atom is 0.416 e. The minimum absolute atomic E-state index is 0.250. The lowest BCUT2D eigenvalue weighted by atomic mass is 10.1. The minimum atomic E-state index is -4.30. The first-order valence-electron chi connectivity index (χ1n) is 6.77. The molecular weight excluding hydrogens is 283 g/mol. The van der Waals surface area contributed by atoms with E-state index in [2.05, 4.69) is 5.32 Å². The molecule has 0 bridgehead atoms. The second-order valence-corrected chi connectivity index (χ2v) is 7.16. The van der Waals surface area contributed by atoms with Gasteiger partial charge in [0, 0.05) is 16.7 Å². The summed E-state index contributed by atoms with van der Waals surface area (Å²) in [7, 11) is 0. The van der Waals surface area contributed by atoms with Crippen molar-refractivity contribution in [3.05, 3.63) is 29.3 Å². The zero-order chi connectivity index (χ0) is 15.3. The molecule has 0 saturated carbocycles. The van der Waals surface area contributed by atoms with Crippen LogP contribution in [0.3, 0.4) is 0 Å². The van der Waals surface area contributed by atoms with E-state index in [-0.39, 0.29) is 11.8 Å². The van der Waals surface area contributed by atoms with Gasteiger partial charge in [-0.05, 0) is 30.2 Å². The predicted octanol–water partition coefficient (Wildman–Crippen LogP) is 4.95. The monoisotopic (exact) mass is 305 g/mol. The van der Waals surface area contributed by atoms with Gasteiger partial charge in [-0.25, -0.2) is 0 Å². The van der Waals surface area contributed by atoms with Crippen LogP contribution in [0.1, 0.15) is 38.8 Å². The van der Waals surface area contributed by atoms with Crippen molar-refractivity contribution in [1.82, 2.24) is 5.32 Å². The van der Waals surface area contributed by atoms with Gasteiger partial charge in [0.05, 0.1) is 5.56 Å². The number of halogens is 3. The molecule has 0 aliphatic rings. The molecule has 0 amide bonds. The summed E-state index contributed by atoms with van der Waals surface area (Å²) in [5.74, 6) is 0.417. The average molecular weight is 305 g/mol. The lowest BCUT2D eigenvalue weighted by Gasteiger charge is -2.16. The quantitative estimate of drug-likeness (QED) is 0.746. The molecule has 0 unspecified atom stereocenters. The van der Waals surface area contributed by atoms with Gasteiger partial charge in [-0.1, -0.05) is 33.8 Å². The Kier molecular flexibility index (Phi) is 6.40. The van der Waals surface area contributed by atoms with Crippen LogP contribution >= 0.6 is 11.8 Å². The third-order valence-corrected chi connectivity index (χ3v) is 3.62. The molecule has 0 aliphatic heterocycles. The number of alkyl halides is 3. The van der Waals surface area contributed by atoms with Gasteiger partial charge in [-0.2, -0.15) is 13.2 Å². The summed E-state index contributed by atoms with van der Waals surface area (Å²) in [6.07, 6.45) is -4.30. The van der Waals surface area contributed by atoms with Crippen molar-refractivity contribution in [3.63, 3.8) is 0 Å². The Balaban J connectivity index is 2.93. The fraction of sp³-hybridized carbons (Fsp3) is 0.600. The Morgan fingerprint density at radius 3 is 2.30 bits per heavy atom. The molecule has 5 heteroatoms. The molecule has 1 N–H and O–H groups in total. The Morgan fingerprint density at radius 2 is 1.80 bits per heavy atom. The highest BCUT2D eigenvalue weighted by molar-refractivity contribution is 7.99. The van der Waals surface area contributed by atoms with Crippen molar-refractivity contribution in [2.45, 2.75) is 50.6 Å². The Hall–Kier alpha value is -0.680. The molecule has 0 fully saturated rings. The highest BCUT2D eigenvalue weighted by Gasteiger charge is 2.33. The topological polar surface area (TPSA) is 12.0 Å². The number of hydrogen-bond acceptors (Lipinski definition) is 2. The summed E-state index contributed by atoms with van der Waals surface area (Å²) >= 11 is 1.45. The standard InChI is InChI=1S/C15H22F3NS/c1-10(2)8-19-9-12-5-6-13(20-11(3)4)7-14(12)15(16,17)18/h5-7,10-11,19H,8-9H2,1-4H3. The normalized spacial score (nSPS) is 12.4. The van der Waals surface area contributed by atoms with Crippen LogP contribution in [0.4, 0.5) is 13.2 Å². The molecule has 0 heterocycles. The summed E-state index contributed by atoms with van der Waals surface area (Å²) in [5.41, 5.74) is -0.217. The van der Waals surface area contributed by atoms with E-state index in [1.54, 1.807) is 12.1 Å². The van der Waals surface area contributed by atoms with E-state index < -0.39 is 11.7 Å². The van der Waals surface area contributed by atoms with E-state index in [1.807, 2.05) is 27.7 Å². The Labute approximate surface area is 123 Å². The number of rotatable bonds is 6. The maximum atomic E-state index is 13.1. The molecule has 114 valence electrons. The third-order valence-electron chi connectivity index (χ3n) is 2.63. The van der Waals surface area contributed by atoms with E-state index in [9.17, 15) is 13.2 Å². The molecule has 1 nitrogen and oxygen atoms in total. The molecule has 0 aliphatic carbocycles. The summed E-state index contributed by atoms with van der Waals surface area (Å²) in [4.78, 5) is 0.667. The van der Waals surface area contributed by atoms with Gasteiger partial charge in [0.15, 0.2) is 0 Å². The molecule has 0 atom stereocenters. The number of benzene rings is 1. The molecule has 20 heavy (non-hydrogen) atoms. The summed E-state index contributed by atoms with van der Waals surface area (Å²) < 4.78 is 39.3. The van der Waals surface area contributed by atoms with Gasteiger partial charge in [-0.15, -0.1) is 11.8 Å². The first kappa shape index (κ1) is 17.4. The van der Waals surface area contributed by atoms with Gasteiger partial charge >= 0.3 is 6.18 Å². The highest BCUT2D eigenvalue weighted by atomic mass is 32.2. The zero-order valence-electron chi connectivity index (χ0n) is 12.3. The van der Waals surface area contributed by atoms with E-state index in [1.165, 1.54) is 17.8 Å². The van der Waals surface area contributed by atoms with E-state index in [0.29, 0.717) is 22.9 Å². The van der Waals surface area contributed by atoms with Crippen molar-refractivity contribution < 1.29 is 13.2 Å². The van der Waals surface area contributed by atoms with E-state index >= 15 is 0 Å². The molecular formula is C15H22F3NS. The van der Waals surface area contributed by atoms with Crippen LogP contribution in [-0.2, 0) is 12.7 Å². The van der Waals surface area contributed by atoms with Gasteiger partial charge < -0.3 is 5.32 Å². The number of thioether (sulfide) groups is 1. The molecule has 1 rings (SSSR count). The molecule has 0 radical (unpaired) electrons. The van der Waals surface area contributed by atoms with E-state index in [0.717, 1.165) is 0 Å². The van der Waals surface area contributed by atoms with Crippen LogP contribution in [0.15, 0.2) is 23.1 Å². The van der Waals surface area contributed by atoms with Gasteiger partial charge in [-0.3, -0.25) is 0 Å². The molecule has 1 aromatic rings. The highest BCUT2D eigenvalue weighted by Crippen LogP contribution is 2.35. The van der Waals surface area contributed by atoms with Crippen molar-refractivity contribution >= 4 is 11.8 Å². The van der Waals surface area contributed by atoms with Crippen LogP contribution in [0.5, 0.6) is 0 Å². The maximum absolute atomic E-state index is 13.1. The summed E-state index contributed by atoms with van der Waals surface area (Å²) in [6, 6.07) is 4.62. The summed E-state index contributed by atoms with van der Waals surface area (Å²) in [5, 5.41) is 3.33. The van der Waals surface area contributed by atoms with Crippen LogP contribution in [0, 0.1) is 5.92 Å². The predicted molar refractivity (Wildman–Crippen MR) is 79.0 cm³/mol. The van der Waals surface area contributed by atoms with Crippen molar-refractivity contribution in [2.75, 3.05) is 6.54 Å². The molecule has 0 saturated heterocycles. The lowest BCUT2D eigenvalue weighted by Crippen LogP contribution is -2.21. The first-order chi connectivity index (χ1) is 9.20. The average Bonchev–Trinajstić information content (AvgIpc) is 2.28. The second-order valence-electron chi connectivity index (χ2n) is 5.51. The fourth-order valence-electron chi connectivity index (χ4n) is 1.81. The van der Waals surface area contributed by atoms with Gasteiger partial charge in [0.2, 0.25) is 0 Å². The van der Waals surface area contributed by atoms with Gasteiger partial charge in [0.1, 0.15) is 0 Å². The third kappa shape index (κ3) is 5.75. The molecule has 0 aromatic heterocycles. The van der Waals surface area contributed by atoms with Crippen molar-refractivity contribution in [2.24, 2.45) is 5.92 Å². The van der Waals surface area contributed by atoms with Gasteiger partial charge in [0.25, 0.3) is 0 Å². The SMILES string of the molecule is CC(C)CNCc1ccc(SC(C)C)cc1C(F)(F)F. The smallest absolute Gasteiger partial charge is 0.312 e. The minimum Gasteiger partial charge on any atom is -0.312 e.